The first kappa shape index (κ1) is 12.7. The summed E-state index contributed by atoms with van der Waals surface area (Å²) in [6, 6.07) is 6.13. The fraction of sp³-hybridized carbons (Fsp3) is 0.167. The zero-order valence-electron chi connectivity index (χ0n) is 9.24. The number of benzene rings is 1. The number of hydrogen-bond acceptors (Lipinski definition) is 3. The van der Waals surface area contributed by atoms with E-state index in [4.69, 9.17) is 10.3 Å². The maximum atomic E-state index is 12.4. The first-order chi connectivity index (χ1) is 8.52. The van der Waals surface area contributed by atoms with E-state index in [0.29, 0.717) is 5.56 Å². The molecular formula is C12H11F3N2O. The summed E-state index contributed by atoms with van der Waals surface area (Å²) in [6.45, 7) is 0. The molecule has 0 saturated heterocycles. The molecule has 1 heterocycles. The monoisotopic (exact) mass is 256 g/mol. The highest BCUT2D eigenvalue weighted by Crippen LogP contribution is 2.30. The highest BCUT2D eigenvalue weighted by atomic mass is 19.4. The summed E-state index contributed by atoms with van der Waals surface area (Å²) < 4.78 is 42.2. The topological polar surface area (TPSA) is 51.2 Å². The van der Waals surface area contributed by atoms with Crippen molar-refractivity contribution in [1.29, 1.82) is 0 Å². The van der Waals surface area contributed by atoms with Crippen LogP contribution >= 0.6 is 0 Å². The normalized spacial score (nSPS) is 13.6. The molecule has 1 atom stereocenters. The van der Waals surface area contributed by atoms with E-state index in [0.717, 1.165) is 17.7 Å². The number of alkyl halides is 3. The third kappa shape index (κ3) is 2.55. The van der Waals surface area contributed by atoms with E-state index in [1.807, 2.05) is 0 Å². The molecule has 0 spiro atoms. The van der Waals surface area contributed by atoms with Gasteiger partial charge in [-0.15, -0.1) is 0 Å². The van der Waals surface area contributed by atoms with E-state index in [1.165, 1.54) is 24.7 Å². The number of nitrogens with two attached hydrogens (primary N) is 1. The molecule has 0 radical (unpaired) electrons. The van der Waals surface area contributed by atoms with Crippen LogP contribution in [0.2, 0.25) is 0 Å². The Balaban J connectivity index is 2.28. The lowest BCUT2D eigenvalue weighted by Crippen LogP contribution is -2.28. The van der Waals surface area contributed by atoms with E-state index in [-0.39, 0.29) is 0 Å². The van der Waals surface area contributed by atoms with Crippen molar-refractivity contribution in [2.75, 3.05) is 0 Å². The minimum absolute atomic E-state index is 0.397. The summed E-state index contributed by atoms with van der Waals surface area (Å²) in [4.78, 5) is 0. The highest BCUT2D eigenvalue weighted by Gasteiger charge is 2.30. The molecule has 1 aromatic heterocycles. The van der Waals surface area contributed by atoms with Gasteiger partial charge < -0.3 is 4.42 Å². The Labute approximate surface area is 101 Å². The van der Waals surface area contributed by atoms with Gasteiger partial charge in [0.1, 0.15) is 0 Å². The van der Waals surface area contributed by atoms with Crippen molar-refractivity contribution in [3.8, 4) is 0 Å². The molecular weight excluding hydrogens is 245 g/mol. The zero-order chi connectivity index (χ0) is 13.2. The van der Waals surface area contributed by atoms with E-state index in [2.05, 4.69) is 5.43 Å². The molecule has 2 rings (SSSR count). The summed E-state index contributed by atoms with van der Waals surface area (Å²) in [7, 11) is 0. The molecule has 18 heavy (non-hydrogen) atoms. The van der Waals surface area contributed by atoms with Crippen LogP contribution in [0.3, 0.4) is 0 Å². The van der Waals surface area contributed by atoms with Crippen molar-refractivity contribution in [2.45, 2.75) is 12.2 Å². The highest BCUT2D eigenvalue weighted by molar-refractivity contribution is 5.32. The fourth-order valence-electron chi connectivity index (χ4n) is 1.69. The number of hydrogen-bond donors (Lipinski definition) is 2. The van der Waals surface area contributed by atoms with Crippen LogP contribution in [0.25, 0.3) is 0 Å². The standard InChI is InChI=1S/C12H11F3N2O/c13-12(14,15)10-3-1-8(2-4-10)11(17-16)9-5-6-18-7-9/h1-7,11,17H,16H2. The quantitative estimate of drug-likeness (QED) is 0.655. The van der Waals surface area contributed by atoms with Gasteiger partial charge in [0, 0.05) is 5.56 Å². The van der Waals surface area contributed by atoms with Gasteiger partial charge in [0.25, 0.3) is 0 Å². The maximum absolute atomic E-state index is 12.4. The maximum Gasteiger partial charge on any atom is 0.416 e. The Kier molecular flexibility index (Phi) is 3.40. The van der Waals surface area contributed by atoms with Gasteiger partial charge in [-0.05, 0) is 23.8 Å². The molecule has 6 heteroatoms. The average Bonchev–Trinajstić information content (AvgIpc) is 2.83. The Hall–Kier alpha value is -1.79. The van der Waals surface area contributed by atoms with Crippen molar-refractivity contribution < 1.29 is 17.6 Å². The Morgan fingerprint density at radius 1 is 1.06 bits per heavy atom. The SMILES string of the molecule is NNC(c1ccc(C(F)(F)F)cc1)c1ccoc1. The van der Waals surface area contributed by atoms with Crippen molar-refractivity contribution in [1.82, 2.24) is 5.43 Å². The van der Waals surface area contributed by atoms with Gasteiger partial charge in [-0.2, -0.15) is 13.2 Å². The summed E-state index contributed by atoms with van der Waals surface area (Å²) >= 11 is 0. The second-order valence-corrected chi connectivity index (χ2v) is 3.78. The number of hydrazine groups is 1. The fourth-order valence-corrected chi connectivity index (χ4v) is 1.69. The molecule has 1 unspecified atom stereocenters. The van der Waals surface area contributed by atoms with E-state index < -0.39 is 17.8 Å². The summed E-state index contributed by atoms with van der Waals surface area (Å²) in [6.07, 6.45) is -1.37. The lowest BCUT2D eigenvalue weighted by Gasteiger charge is -2.15. The van der Waals surface area contributed by atoms with Crippen LogP contribution in [-0.4, -0.2) is 0 Å². The molecule has 96 valence electrons. The lowest BCUT2D eigenvalue weighted by atomic mass is 10.0. The number of furan rings is 1. The molecule has 3 N–H and O–H groups in total. The summed E-state index contributed by atoms with van der Waals surface area (Å²) in [5.74, 6) is 5.41. The molecule has 0 bridgehead atoms. The molecule has 2 aromatic rings. The first-order valence-corrected chi connectivity index (χ1v) is 5.18. The van der Waals surface area contributed by atoms with Crippen LogP contribution < -0.4 is 11.3 Å². The van der Waals surface area contributed by atoms with Crippen molar-refractivity contribution in [2.24, 2.45) is 5.84 Å². The van der Waals surface area contributed by atoms with Crippen molar-refractivity contribution in [3.05, 3.63) is 59.5 Å². The average molecular weight is 256 g/mol. The van der Waals surface area contributed by atoms with Gasteiger partial charge in [0.2, 0.25) is 0 Å². The molecule has 0 aliphatic carbocycles. The van der Waals surface area contributed by atoms with Crippen LogP contribution in [0.1, 0.15) is 22.7 Å². The Bertz CT molecular complexity index is 491. The van der Waals surface area contributed by atoms with Gasteiger partial charge in [-0.3, -0.25) is 5.84 Å². The van der Waals surface area contributed by atoms with Gasteiger partial charge in [0.05, 0.1) is 24.1 Å². The minimum Gasteiger partial charge on any atom is -0.472 e. The third-order valence-corrected chi connectivity index (χ3v) is 2.61. The van der Waals surface area contributed by atoms with E-state index in [9.17, 15) is 13.2 Å². The zero-order valence-corrected chi connectivity index (χ0v) is 9.24. The second-order valence-electron chi connectivity index (χ2n) is 3.78. The predicted octanol–water partition coefficient (Wildman–Crippen LogP) is 2.85. The Morgan fingerprint density at radius 3 is 2.17 bits per heavy atom. The van der Waals surface area contributed by atoms with Crippen LogP contribution in [0.5, 0.6) is 0 Å². The Morgan fingerprint density at radius 2 is 1.72 bits per heavy atom. The van der Waals surface area contributed by atoms with Gasteiger partial charge in [-0.25, -0.2) is 5.43 Å². The van der Waals surface area contributed by atoms with Gasteiger partial charge in [-0.1, -0.05) is 12.1 Å². The van der Waals surface area contributed by atoms with Crippen molar-refractivity contribution >= 4 is 0 Å². The number of halogens is 3. The molecule has 3 nitrogen and oxygen atoms in total. The minimum atomic E-state index is -4.33. The van der Waals surface area contributed by atoms with Gasteiger partial charge in [0.15, 0.2) is 0 Å². The van der Waals surface area contributed by atoms with Crippen LogP contribution in [0.4, 0.5) is 13.2 Å². The third-order valence-electron chi connectivity index (χ3n) is 2.61. The summed E-state index contributed by atoms with van der Waals surface area (Å²) in [5, 5.41) is 0. The molecule has 0 aliphatic rings. The van der Waals surface area contributed by atoms with Crippen LogP contribution in [-0.2, 0) is 6.18 Å². The predicted molar refractivity (Wildman–Crippen MR) is 59.3 cm³/mol. The second kappa shape index (κ2) is 4.83. The summed E-state index contributed by atoms with van der Waals surface area (Å²) in [5.41, 5.74) is 3.23. The van der Waals surface area contributed by atoms with E-state index in [1.54, 1.807) is 6.07 Å². The number of rotatable bonds is 3. The molecule has 0 fully saturated rings. The van der Waals surface area contributed by atoms with Crippen LogP contribution in [0, 0.1) is 0 Å². The van der Waals surface area contributed by atoms with E-state index >= 15 is 0 Å². The molecule has 1 aromatic carbocycles. The number of nitrogens with one attached hydrogen (secondary N) is 1. The largest absolute Gasteiger partial charge is 0.472 e. The first-order valence-electron chi connectivity index (χ1n) is 5.18. The molecule has 0 amide bonds. The van der Waals surface area contributed by atoms with Crippen molar-refractivity contribution in [3.63, 3.8) is 0 Å². The molecule has 0 saturated carbocycles. The van der Waals surface area contributed by atoms with Crippen LogP contribution in [0.15, 0.2) is 47.3 Å². The van der Waals surface area contributed by atoms with Gasteiger partial charge >= 0.3 is 6.18 Å². The lowest BCUT2D eigenvalue weighted by molar-refractivity contribution is -0.137. The smallest absolute Gasteiger partial charge is 0.416 e. The molecule has 0 aliphatic heterocycles.